The van der Waals surface area contributed by atoms with E-state index in [4.69, 9.17) is 9.84 Å². The van der Waals surface area contributed by atoms with Crippen LogP contribution >= 0.6 is 0 Å². The second-order valence-electron chi connectivity index (χ2n) is 3.11. The summed E-state index contributed by atoms with van der Waals surface area (Å²) in [5, 5.41) is 18.4. The van der Waals surface area contributed by atoms with Gasteiger partial charge in [-0.05, 0) is 18.4 Å². The van der Waals surface area contributed by atoms with E-state index in [1.807, 2.05) is 13.8 Å². The van der Waals surface area contributed by atoms with Gasteiger partial charge in [-0.1, -0.05) is 13.8 Å². The second-order valence-corrected chi connectivity index (χ2v) is 3.11. The zero-order valence-corrected chi connectivity index (χ0v) is 11.6. The zero-order valence-electron chi connectivity index (χ0n) is 7.45. The van der Waals surface area contributed by atoms with Crippen molar-refractivity contribution in [1.29, 1.82) is 0 Å². The monoisotopic (exact) mass is 397 g/mol. The Morgan fingerprint density at radius 3 is 2.33 bits per heavy atom. The molecule has 0 spiro atoms. The number of hydrogen-bond donors (Lipinski definition) is 2. The molecule has 1 rings (SSSR count). The molecule has 0 aromatic carbocycles. The molecule has 1 heterocycles. The fourth-order valence-electron chi connectivity index (χ4n) is 1.44. The molecule has 0 amide bonds. The minimum atomic E-state index is -0.542. The van der Waals surface area contributed by atoms with Crippen molar-refractivity contribution < 1.29 is 46.1 Å². The predicted octanol–water partition coefficient (Wildman–Crippen LogP) is 0.316. The molecule has 0 saturated carbocycles. The van der Waals surface area contributed by atoms with Gasteiger partial charge >= 0.3 is 31.1 Å². The number of aliphatic hydroxyl groups is 2. The summed E-state index contributed by atoms with van der Waals surface area (Å²) in [5.41, 5.74) is -0.542. The van der Waals surface area contributed by atoms with Crippen molar-refractivity contribution >= 4 is 0 Å². The average Bonchev–Trinajstić information content (AvgIpc) is 2.32. The van der Waals surface area contributed by atoms with E-state index in [-0.39, 0.29) is 43.6 Å². The summed E-state index contributed by atoms with van der Waals surface area (Å²) < 4.78 is 5.24. The third kappa shape index (κ3) is 2.05. The van der Waals surface area contributed by atoms with Crippen LogP contribution in [0.3, 0.4) is 0 Å². The Morgan fingerprint density at radius 1 is 1.58 bits per heavy atom. The molecule has 3 unspecified atom stereocenters. The van der Waals surface area contributed by atoms with Crippen molar-refractivity contribution in [2.45, 2.75) is 32.0 Å². The molecule has 1 saturated heterocycles. The molecule has 0 aromatic heterocycles. The topological polar surface area (TPSA) is 49.7 Å². The third-order valence-electron chi connectivity index (χ3n) is 2.65. The molecule has 1 aliphatic rings. The standard InChI is InChI=1S/C8H15O3.U/c1-3-8(5-9)6(2)7(10)4-11-8;/h4,6-7,9-10H,3,5H2,1-2H3;/q-1;+2. The summed E-state index contributed by atoms with van der Waals surface area (Å²) in [4.78, 5) is 0. The summed E-state index contributed by atoms with van der Waals surface area (Å²) >= 11 is 0. The van der Waals surface area contributed by atoms with Crippen molar-refractivity contribution in [2.24, 2.45) is 5.92 Å². The maximum atomic E-state index is 9.30. The minimum Gasteiger partial charge on any atom is -0.543 e. The Hall–Kier alpha value is 0.932. The van der Waals surface area contributed by atoms with Crippen LogP contribution in [0.5, 0.6) is 0 Å². The van der Waals surface area contributed by atoms with Gasteiger partial charge < -0.3 is 14.9 Å². The van der Waals surface area contributed by atoms with Crippen molar-refractivity contribution in [3.05, 3.63) is 6.61 Å². The van der Waals surface area contributed by atoms with Crippen LogP contribution in [0, 0.1) is 43.6 Å². The SMILES string of the molecule is CCC1(CO)O[CH-]C(O)C1C.[U+2]. The van der Waals surface area contributed by atoms with Gasteiger partial charge in [0.05, 0.1) is 12.2 Å². The molecular weight excluding hydrogens is 382 g/mol. The van der Waals surface area contributed by atoms with E-state index in [0.717, 1.165) is 6.42 Å². The molecule has 3 atom stereocenters. The molecule has 68 valence electrons. The van der Waals surface area contributed by atoms with Crippen molar-refractivity contribution in [3.8, 4) is 0 Å². The van der Waals surface area contributed by atoms with E-state index in [1.165, 1.54) is 6.61 Å². The fourth-order valence-corrected chi connectivity index (χ4v) is 1.44. The van der Waals surface area contributed by atoms with E-state index < -0.39 is 11.7 Å². The summed E-state index contributed by atoms with van der Waals surface area (Å²) in [6.45, 7) is 5.20. The first-order valence-electron chi connectivity index (χ1n) is 3.96. The second kappa shape index (κ2) is 4.97. The van der Waals surface area contributed by atoms with Crippen LogP contribution in [-0.4, -0.2) is 28.5 Å². The van der Waals surface area contributed by atoms with Gasteiger partial charge in [0.25, 0.3) is 0 Å². The molecule has 0 aliphatic carbocycles. The van der Waals surface area contributed by atoms with Crippen LogP contribution in [-0.2, 0) is 4.74 Å². The molecule has 3 nitrogen and oxygen atoms in total. The molecule has 0 aromatic rings. The molecule has 12 heavy (non-hydrogen) atoms. The van der Waals surface area contributed by atoms with Crippen LogP contribution < -0.4 is 0 Å². The van der Waals surface area contributed by atoms with E-state index in [9.17, 15) is 5.11 Å². The maximum absolute atomic E-state index is 9.30. The minimum absolute atomic E-state index is 0. The summed E-state index contributed by atoms with van der Waals surface area (Å²) in [6.07, 6.45) is 0.181. The van der Waals surface area contributed by atoms with Gasteiger partial charge in [0.2, 0.25) is 0 Å². The molecule has 0 bridgehead atoms. The van der Waals surface area contributed by atoms with Gasteiger partial charge in [0, 0.05) is 0 Å². The van der Waals surface area contributed by atoms with Crippen molar-refractivity contribution in [3.63, 3.8) is 0 Å². The summed E-state index contributed by atoms with van der Waals surface area (Å²) in [6, 6.07) is 0. The first-order chi connectivity index (χ1) is 5.16. The maximum Gasteiger partial charge on any atom is 2.00 e. The zero-order chi connectivity index (χ0) is 8.48. The van der Waals surface area contributed by atoms with Crippen LogP contribution in [0.2, 0.25) is 0 Å². The largest absolute Gasteiger partial charge is 2.00 e. The first kappa shape index (κ1) is 12.9. The van der Waals surface area contributed by atoms with Crippen molar-refractivity contribution in [1.82, 2.24) is 0 Å². The normalized spacial score (nSPS) is 41.0. The van der Waals surface area contributed by atoms with Crippen molar-refractivity contribution in [2.75, 3.05) is 6.61 Å². The third-order valence-corrected chi connectivity index (χ3v) is 2.65. The number of ether oxygens (including phenoxy) is 1. The Labute approximate surface area is 96.9 Å². The average molecular weight is 397 g/mol. The van der Waals surface area contributed by atoms with Crippen LogP contribution in [0.25, 0.3) is 0 Å². The molecule has 0 radical (unpaired) electrons. The summed E-state index contributed by atoms with van der Waals surface area (Å²) in [5.74, 6) is -0.0162. The van der Waals surface area contributed by atoms with Gasteiger partial charge in [0.15, 0.2) is 0 Å². The Balaban J connectivity index is 0.00000121. The van der Waals surface area contributed by atoms with Gasteiger partial charge in [-0.15, -0.1) is 0 Å². The quantitative estimate of drug-likeness (QED) is 0.660. The Bertz CT molecular complexity index is 136. The number of hydrogen-bond acceptors (Lipinski definition) is 3. The van der Waals surface area contributed by atoms with Gasteiger partial charge in [-0.3, -0.25) is 0 Å². The molecule has 1 aliphatic heterocycles. The van der Waals surface area contributed by atoms with Gasteiger partial charge in [-0.2, -0.15) is 6.61 Å². The Morgan fingerprint density at radius 2 is 2.17 bits per heavy atom. The molecule has 1 fully saturated rings. The van der Waals surface area contributed by atoms with Gasteiger partial charge in [0.1, 0.15) is 0 Å². The van der Waals surface area contributed by atoms with Crippen LogP contribution in [0.4, 0.5) is 0 Å². The predicted molar refractivity (Wildman–Crippen MR) is 40.7 cm³/mol. The summed E-state index contributed by atoms with van der Waals surface area (Å²) in [7, 11) is 0. The van der Waals surface area contributed by atoms with E-state index >= 15 is 0 Å². The number of aliphatic hydroxyl groups excluding tert-OH is 2. The van der Waals surface area contributed by atoms with Gasteiger partial charge in [-0.25, -0.2) is 0 Å². The molecular formula is C8H15O3U+. The van der Waals surface area contributed by atoms with E-state index in [1.54, 1.807) is 0 Å². The fraction of sp³-hybridized carbons (Fsp3) is 0.875. The van der Waals surface area contributed by atoms with Crippen LogP contribution in [0.1, 0.15) is 20.3 Å². The first-order valence-corrected chi connectivity index (χ1v) is 3.96. The smallest absolute Gasteiger partial charge is 0.543 e. The molecule has 4 heteroatoms. The van der Waals surface area contributed by atoms with E-state index in [0.29, 0.717) is 0 Å². The molecule has 2 N–H and O–H groups in total. The van der Waals surface area contributed by atoms with Crippen LogP contribution in [0.15, 0.2) is 0 Å². The number of rotatable bonds is 2. The Kier molecular flexibility index (Phi) is 5.36. The van der Waals surface area contributed by atoms with E-state index in [2.05, 4.69) is 0 Å².